The van der Waals surface area contributed by atoms with Crippen LogP contribution in [-0.4, -0.2) is 22.6 Å². The lowest BCUT2D eigenvalue weighted by atomic mass is 10.1. The molecule has 0 aliphatic rings. The summed E-state index contributed by atoms with van der Waals surface area (Å²) in [6.07, 6.45) is 0. The Hall–Kier alpha value is -2.85. The number of benzene rings is 1. The van der Waals surface area contributed by atoms with Gasteiger partial charge in [-0.15, -0.1) is 0 Å². The molecule has 0 spiro atoms. The van der Waals surface area contributed by atoms with Crippen LogP contribution in [0.1, 0.15) is 27.2 Å². The summed E-state index contributed by atoms with van der Waals surface area (Å²) >= 11 is 1.19. The summed E-state index contributed by atoms with van der Waals surface area (Å²) < 4.78 is 0. The Bertz CT molecular complexity index is 826. The number of carbonyl (C=O) groups is 2. The standard InChI is InChI=1S/C17H15N3O3S/c1-10-7-11(2)19-16(14(10)8-18)24-9-15(21)20-13-5-3-12(4-6-13)17(22)23/h3-7H,9H2,1-2H3,(H,20,21)(H,22,23)/p-1. The van der Waals surface area contributed by atoms with Crippen LogP contribution in [0.4, 0.5) is 5.69 Å². The van der Waals surface area contributed by atoms with Crippen LogP contribution in [-0.2, 0) is 4.79 Å². The number of aryl methyl sites for hydroxylation is 2. The quantitative estimate of drug-likeness (QED) is 0.830. The Morgan fingerprint density at radius 1 is 1.29 bits per heavy atom. The second kappa shape index (κ2) is 7.62. The molecule has 1 heterocycles. The van der Waals surface area contributed by atoms with Gasteiger partial charge in [0.15, 0.2) is 0 Å². The van der Waals surface area contributed by atoms with Crippen LogP contribution >= 0.6 is 11.8 Å². The minimum Gasteiger partial charge on any atom is -0.545 e. The number of thioether (sulfide) groups is 1. The van der Waals surface area contributed by atoms with Gasteiger partial charge in [0, 0.05) is 11.4 Å². The molecule has 2 rings (SSSR count). The van der Waals surface area contributed by atoms with Gasteiger partial charge in [-0.25, -0.2) is 4.98 Å². The lowest BCUT2D eigenvalue weighted by molar-refractivity contribution is -0.255. The van der Waals surface area contributed by atoms with Gasteiger partial charge in [-0.3, -0.25) is 4.79 Å². The highest BCUT2D eigenvalue weighted by Crippen LogP contribution is 2.23. The first-order valence-electron chi connectivity index (χ1n) is 7.03. The summed E-state index contributed by atoms with van der Waals surface area (Å²) in [5.41, 5.74) is 2.61. The van der Waals surface area contributed by atoms with Crippen molar-refractivity contribution in [3.05, 3.63) is 52.7 Å². The van der Waals surface area contributed by atoms with Gasteiger partial charge in [0.1, 0.15) is 11.1 Å². The molecule has 1 aromatic carbocycles. The number of nitrogens with zero attached hydrogens (tertiary/aromatic N) is 2. The van der Waals surface area contributed by atoms with Crippen molar-refractivity contribution in [1.29, 1.82) is 5.26 Å². The Morgan fingerprint density at radius 2 is 1.96 bits per heavy atom. The predicted molar refractivity (Wildman–Crippen MR) is 88.6 cm³/mol. The topological polar surface area (TPSA) is 106 Å². The third-order valence-electron chi connectivity index (χ3n) is 3.17. The van der Waals surface area contributed by atoms with Crippen molar-refractivity contribution in [2.24, 2.45) is 0 Å². The predicted octanol–water partition coefficient (Wildman–Crippen LogP) is 1.66. The van der Waals surface area contributed by atoms with Crippen molar-refractivity contribution in [3.63, 3.8) is 0 Å². The molecule has 0 unspecified atom stereocenters. The number of rotatable bonds is 5. The first-order chi connectivity index (χ1) is 11.4. The van der Waals surface area contributed by atoms with E-state index >= 15 is 0 Å². The fourth-order valence-corrected chi connectivity index (χ4v) is 2.96. The first-order valence-corrected chi connectivity index (χ1v) is 8.01. The van der Waals surface area contributed by atoms with Crippen molar-refractivity contribution in [3.8, 4) is 6.07 Å². The fourth-order valence-electron chi connectivity index (χ4n) is 2.06. The molecule has 2 aromatic rings. The summed E-state index contributed by atoms with van der Waals surface area (Å²) in [5, 5.41) is 23.1. The minimum atomic E-state index is -1.27. The molecule has 1 amide bonds. The highest BCUT2D eigenvalue weighted by molar-refractivity contribution is 8.00. The van der Waals surface area contributed by atoms with Crippen LogP contribution in [0.25, 0.3) is 0 Å². The average molecular weight is 340 g/mol. The molecular weight excluding hydrogens is 326 g/mol. The molecular formula is C17H14N3O3S-. The van der Waals surface area contributed by atoms with E-state index in [-0.39, 0.29) is 17.2 Å². The van der Waals surface area contributed by atoms with Crippen LogP contribution in [0.15, 0.2) is 35.4 Å². The van der Waals surface area contributed by atoms with Crippen molar-refractivity contribution in [2.75, 3.05) is 11.1 Å². The number of nitriles is 1. The van der Waals surface area contributed by atoms with E-state index in [0.29, 0.717) is 16.3 Å². The number of anilines is 1. The highest BCUT2D eigenvalue weighted by atomic mass is 32.2. The molecule has 0 bridgehead atoms. The maximum atomic E-state index is 12.0. The summed E-state index contributed by atoms with van der Waals surface area (Å²) in [4.78, 5) is 27.0. The van der Waals surface area contributed by atoms with Gasteiger partial charge in [0.2, 0.25) is 5.91 Å². The number of hydrogen-bond acceptors (Lipinski definition) is 6. The Balaban J connectivity index is 2.01. The Labute approximate surface area is 143 Å². The van der Waals surface area contributed by atoms with Crippen LogP contribution in [0.5, 0.6) is 0 Å². The molecule has 0 saturated heterocycles. The van der Waals surface area contributed by atoms with E-state index in [9.17, 15) is 20.0 Å². The molecule has 0 aliphatic heterocycles. The summed E-state index contributed by atoms with van der Waals surface area (Å²) in [7, 11) is 0. The molecule has 0 saturated carbocycles. The van der Waals surface area contributed by atoms with Gasteiger partial charge in [-0.2, -0.15) is 5.26 Å². The van der Waals surface area contributed by atoms with Crippen LogP contribution in [0, 0.1) is 25.2 Å². The molecule has 0 aliphatic carbocycles. The van der Waals surface area contributed by atoms with Gasteiger partial charge >= 0.3 is 0 Å². The first kappa shape index (κ1) is 17.5. The number of aromatic nitrogens is 1. The second-order valence-electron chi connectivity index (χ2n) is 5.07. The second-order valence-corrected chi connectivity index (χ2v) is 6.04. The van der Waals surface area contributed by atoms with E-state index in [1.54, 1.807) is 0 Å². The van der Waals surface area contributed by atoms with Gasteiger partial charge < -0.3 is 15.2 Å². The van der Waals surface area contributed by atoms with Gasteiger partial charge in [0.05, 0.1) is 17.3 Å². The van der Waals surface area contributed by atoms with E-state index in [2.05, 4.69) is 16.4 Å². The van der Waals surface area contributed by atoms with E-state index in [1.165, 1.54) is 36.0 Å². The number of hydrogen-bond donors (Lipinski definition) is 1. The summed E-state index contributed by atoms with van der Waals surface area (Å²) in [6.45, 7) is 3.66. The summed E-state index contributed by atoms with van der Waals surface area (Å²) in [6, 6.07) is 9.62. The highest BCUT2D eigenvalue weighted by Gasteiger charge is 2.11. The fraction of sp³-hybridized carbons (Fsp3) is 0.176. The molecule has 7 heteroatoms. The minimum absolute atomic E-state index is 0.0421. The third kappa shape index (κ3) is 4.33. The maximum absolute atomic E-state index is 12.0. The molecule has 122 valence electrons. The smallest absolute Gasteiger partial charge is 0.234 e. The molecule has 1 N–H and O–H groups in total. The van der Waals surface area contributed by atoms with E-state index in [0.717, 1.165) is 11.3 Å². The van der Waals surface area contributed by atoms with E-state index in [1.807, 2.05) is 19.9 Å². The SMILES string of the molecule is Cc1cc(C)c(C#N)c(SCC(=O)Nc2ccc(C(=O)[O-])cc2)n1. The molecule has 24 heavy (non-hydrogen) atoms. The number of nitrogens with one attached hydrogen (secondary N) is 1. The molecule has 1 aromatic heterocycles. The number of amides is 1. The number of carbonyl (C=O) groups excluding carboxylic acids is 2. The number of carboxylic acids is 1. The molecule has 0 radical (unpaired) electrons. The van der Waals surface area contributed by atoms with Crippen molar-refractivity contribution in [2.45, 2.75) is 18.9 Å². The summed E-state index contributed by atoms with van der Waals surface area (Å²) in [5.74, 6) is -1.45. The van der Waals surface area contributed by atoms with Gasteiger partial charge in [-0.05, 0) is 43.2 Å². The van der Waals surface area contributed by atoms with Crippen molar-refractivity contribution < 1.29 is 14.7 Å². The van der Waals surface area contributed by atoms with Gasteiger partial charge in [-0.1, -0.05) is 23.9 Å². The number of pyridine rings is 1. The Kier molecular flexibility index (Phi) is 5.55. The van der Waals surface area contributed by atoms with Crippen molar-refractivity contribution in [1.82, 2.24) is 4.98 Å². The zero-order valence-corrected chi connectivity index (χ0v) is 13.9. The monoisotopic (exact) mass is 340 g/mol. The molecule has 0 atom stereocenters. The lowest BCUT2D eigenvalue weighted by Crippen LogP contribution is -2.22. The number of carboxylic acid groups (broad SMARTS) is 1. The van der Waals surface area contributed by atoms with E-state index < -0.39 is 5.97 Å². The maximum Gasteiger partial charge on any atom is 0.234 e. The lowest BCUT2D eigenvalue weighted by Gasteiger charge is -2.09. The van der Waals surface area contributed by atoms with Crippen molar-refractivity contribution >= 4 is 29.3 Å². The Morgan fingerprint density at radius 3 is 2.54 bits per heavy atom. The third-order valence-corrected chi connectivity index (χ3v) is 4.14. The number of aromatic carboxylic acids is 1. The average Bonchev–Trinajstić information content (AvgIpc) is 2.53. The zero-order valence-electron chi connectivity index (χ0n) is 13.1. The molecule has 6 nitrogen and oxygen atoms in total. The molecule has 0 fully saturated rings. The van der Waals surface area contributed by atoms with E-state index in [4.69, 9.17) is 0 Å². The van der Waals surface area contributed by atoms with Crippen LogP contribution < -0.4 is 10.4 Å². The zero-order chi connectivity index (χ0) is 17.7. The largest absolute Gasteiger partial charge is 0.545 e. The van der Waals surface area contributed by atoms with Gasteiger partial charge in [0.25, 0.3) is 0 Å². The van der Waals surface area contributed by atoms with Crippen LogP contribution in [0.2, 0.25) is 0 Å². The normalized spacial score (nSPS) is 10.0. The van der Waals surface area contributed by atoms with Crippen LogP contribution in [0.3, 0.4) is 0 Å².